The molecule has 24 heavy (non-hydrogen) atoms. The second-order valence-electron chi connectivity index (χ2n) is 4.89. The molecule has 0 fully saturated rings. The number of hydrogen-bond donors (Lipinski definition) is 0. The predicted molar refractivity (Wildman–Crippen MR) is 81.6 cm³/mol. The van der Waals surface area contributed by atoms with Crippen molar-refractivity contribution in [3.05, 3.63) is 65.6 Å². The molecular formula is C17H15F2NO4. The molecule has 1 unspecified atom stereocenters. The lowest BCUT2D eigenvalue weighted by molar-refractivity contribution is -0.150. The fourth-order valence-electron chi connectivity index (χ4n) is 2.11. The molecule has 1 aromatic heterocycles. The molecule has 0 spiro atoms. The minimum Gasteiger partial charge on any atom is -0.467 e. The average molecular weight is 335 g/mol. The van der Waals surface area contributed by atoms with Crippen molar-refractivity contribution in [2.24, 2.45) is 0 Å². The first-order chi connectivity index (χ1) is 11.4. The van der Waals surface area contributed by atoms with Crippen LogP contribution in [0.25, 0.3) is 6.08 Å². The first-order valence-electron chi connectivity index (χ1n) is 6.95. The summed E-state index contributed by atoms with van der Waals surface area (Å²) in [5.74, 6) is -2.61. The number of methoxy groups -OCH3 is 1. The van der Waals surface area contributed by atoms with Gasteiger partial charge in [-0.3, -0.25) is 4.79 Å². The predicted octanol–water partition coefficient (Wildman–Crippen LogP) is 2.94. The molecule has 1 heterocycles. The molecule has 0 aliphatic rings. The van der Waals surface area contributed by atoms with Crippen LogP contribution in [0.1, 0.15) is 17.4 Å². The third-order valence-corrected chi connectivity index (χ3v) is 3.35. The van der Waals surface area contributed by atoms with E-state index in [0.29, 0.717) is 5.76 Å². The third-order valence-electron chi connectivity index (χ3n) is 3.35. The van der Waals surface area contributed by atoms with Crippen LogP contribution in [0.2, 0.25) is 0 Å². The van der Waals surface area contributed by atoms with Crippen molar-refractivity contribution in [2.45, 2.75) is 6.04 Å². The SMILES string of the molecule is COC(=O)C(c1cc(F)ccc1F)N(C)C(=O)/C=C/c1ccco1. The summed E-state index contributed by atoms with van der Waals surface area (Å²) in [7, 11) is 2.39. The van der Waals surface area contributed by atoms with Gasteiger partial charge in [-0.05, 0) is 36.4 Å². The lowest BCUT2D eigenvalue weighted by Gasteiger charge is -2.25. The zero-order valence-corrected chi connectivity index (χ0v) is 13.0. The first kappa shape index (κ1) is 17.4. The number of carbonyl (C=O) groups is 2. The van der Waals surface area contributed by atoms with Crippen LogP contribution in [0.15, 0.2) is 47.1 Å². The Morgan fingerprint density at radius 2 is 2.04 bits per heavy atom. The van der Waals surface area contributed by atoms with E-state index in [1.165, 1.54) is 19.4 Å². The van der Waals surface area contributed by atoms with Gasteiger partial charge >= 0.3 is 5.97 Å². The molecule has 0 aliphatic carbocycles. The zero-order valence-electron chi connectivity index (χ0n) is 13.0. The summed E-state index contributed by atoms with van der Waals surface area (Å²) in [5, 5.41) is 0. The number of halogens is 2. The molecule has 1 amide bonds. The van der Waals surface area contributed by atoms with E-state index in [4.69, 9.17) is 4.42 Å². The van der Waals surface area contributed by atoms with Gasteiger partial charge in [-0.1, -0.05) is 0 Å². The molecular weight excluding hydrogens is 320 g/mol. The number of ether oxygens (including phenoxy) is 1. The van der Waals surface area contributed by atoms with Gasteiger partial charge < -0.3 is 14.1 Å². The van der Waals surface area contributed by atoms with E-state index < -0.39 is 29.6 Å². The van der Waals surface area contributed by atoms with Crippen LogP contribution < -0.4 is 0 Å². The summed E-state index contributed by atoms with van der Waals surface area (Å²) < 4.78 is 37.1. The highest BCUT2D eigenvalue weighted by molar-refractivity contribution is 5.94. The van der Waals surface area contributed by atoms with E-state index in [1.807, 2.05) is 0 Å². The summed E-state index contributed by atoms with van der Waals surface area (Å²) in [6.45, 7) is 0. The van der Waals surface area contributed by atoms with Gasteiger partial charge in [0.1, 0.15) is 17.4 Å². The fraction of sp³-hybridized carbons (Fsp3) is 0.176. The van der Waals surface area contributed by atoms with E-state index >= 15 is 0 Å². The standard InChI is InChI=1S/C17H15F2NO4/c1-20(15(21)8-6-12-4-3-9-24-12)16(17(22)23-2)13-10-11(18)5-7-14(13)19/h3-10,16H,1-2H3/b8-6+. The number of benzene rings is 1. The highest BCUT2D eigenvalue weighted by atomic mass is 19.1. The van der Waals surface area contributed by atoms with Crippen molar-refractivity contribution in [3.63, 3.8) is 0 Å². The largest absolute Gasteiger partial charge is 0.467 e. The number of rotatable bonds is 5. The Labute approximate surface area is 137 Å². The molecule has 0 bridgehead atoms. The van der Waals surface area contributed by atoms with Gasteiger partial charge in [0.05, 0.1) is 13.4 Å². The molecule has 2 aromatic rings. The van der Waals surface area contributed by atoms with Crippen molar-refractivity contribution in [2.75, 3.05) is 14.2 Å². The Kier molecular flexibility index (Phi) is 5.47. The fourth-order valence-corrected chi connectivity index (χ4v) is 2.11. The van der Waals surface area contributed by atoms with Crippen LogP contribution in [0.3, 0.4) is 0 Å². The van der Waals surface area contributed by atoms with Gasteiger partial charge in [-0.15, -0.1) is 0 Å². The molecule has 0 aliphatic heterocycles. The molecule has 0 radical (unpaired) electrons. The molecule has 7 heteroatoms. The molecule has 0 saturated heterocycles. The number of furan rings is 1. The van der Waals surface area contributed by atoms with E-state index in [0.717, 1.165) is 36.3 Å². The summed E-state index contributed by atoms with van der Waals surface area (Å²) >= 11 is 0. The lowest BCUT2D eigenvalue weighted by atomic mass is 10.0. The molecule has 5 nitrogen and oxygen atoms in total. The Balaban J connectivity index is 2.31. The van der Waals surface area contributed by atoms with Gasteiger partial charge in [0.25, 0.3) is 0 Å². The van der Waals surface area contributed by atoms with Gasteiger partial charge in [0, 0.05) is 18.7 Å². The van der Waals surface area contributed by atoms with Crippen molar-refractivity contribution >= 4 is 18.0 Å². The number of likely N-dealkylation sites (N-methyl/N-ethyl adjacent to an activating group) is 1. The van der Waals surface area contributed by atoms with Crippen molar-refractivity contribution in [1.82, 2.24) is 4.90 Å². The van der Waals surface area contributed by atoms with Crippen molar-refractivity contribution in [3.8, 4) is 0 Å². The Morgan fingerprint density at radius 3 is 2.67 bits per heavy atom. The normalized spacial score (nSPS) is 12.2. The molecule has 1 aromatic carbocycles. The number of hydrogen-bond acceptors (Lipinski definition) is 4. The molecule has 126 valence electrons. The molecule has 1 atom stereocenters. The molecule has 0 N–H and O–H groups in total. The van der Waals surface area contributed by atoms with Crippen LogP contribution in [-0.4, -0.2) is 30.9 Å². The van der Waals surface area contributed by atoms with E-state index in [2.05, 4.69) is 4.74 Å². The number of amides is 1. The van der Waals surface area contributed by atoms with Crippen LogP contribution in [0, 0.1) is 11.6 Å². The highest BCUT2D eigenvalue weighted by Crippen LogP contribution is 2.25. The summed E-state index contributed by atoms with van der Waals surface area (Å²) in [6.07, 6.45) is 3.99. The summed E-state index contributed by atoms with van der Waals surface area (Å²) in [4.78, 5) is 25.2. The Morgan fingerprint density at radius 1 is 1.29 bits per heavy atom. The number of nitrogens with zero attached hydrogens (tertiary/aromatic N) is 1. The summed E-state index contributed by atoms with van der Waals surface area (Å²) in [6, 6.07) is 4.53. The van der Waals surface area contributed by atoms with Crippen molar-refractivity contribution < 1.29 is 27.5 Å². The lowest BCUT2D eigenvalue weighted by Crippen LogP contribution is -2.36. The monoisotopic (exact) mass is 335 g/mol. The van der Waals surface area contributed by atoms with Gasteiger partial charge in [-0.25, -0.2) is 13.6 Å². The second kappa shape index (κ2) is 7.54. The summed E-state index contributed by atoms with van der Waals surface area (Å²) in [5.41, 5.74) is -0.288. The maximum atomic E-state index is 14.0. The molecule has 0 saturated carbocycles. The number of carbonyl (C=O) groups excluding carboxylic acids is 2. The minimum atomic E-state index is -1.42. The van der Waals surface area contributed by atoms with Gasteiger partial charge in [-0.2, -0.15) is 0 Å². The molecule has 2 rings (SSSR count). The van der Waals surface area contributed by atoms with E-state index in [9.17, 15) is 18.4 Å². The topological polar surface area (TPSA) is 59.8 Å². The Hall–Kier alpha value is -2.96. The average Bonchev–Trinajstić information content (AvgIpc) is 3.09. The van der Waals surface area contributed by atoms with Gasteiger partial charge in [0.15, 0.2) is 6.04 Å². The smallest absolute Gasteiger partial charge is 0.333 e. The first-order valence-corrected chi connectivity index (χ1v) is 6.95. The zero-order chi connectivity index (χ0) is 17.7. The number of esters is 1. The minimum absolute atomic E-state index is 0.288. The quantitative estimate of drug-likeness (QED) is 0.623. The van der Waals surface area contributed by atoms with Crippen LogP contribution in [-0.2, 0) is 14.3 Å². The van der Waals surface area contributed by atoms with Crippen molar-refractivity contribution in [1.29, 1.82) is 0 Å². The Bertz CT molecular complexity index is 756. The maximum absolute atomic E-state index is 14.0. The van der Waals surface area contributed by atoms with Gasteiger partial charge in [0.2, 0.25) is 5.91 Å². The van der Waals surface area contributed by atoms with Crippen LogP contribution >= 0.6 is 0 Å². The third kappa shape index (κ3) is 3.87. The maximum Gasteiger partial charge on any atom is 0.333 e. The highest BCUT2D eigenvalue weighted by Gasteiger charge is 2.31. The van der Waals surface area contributed by atoms with Crippen LogP contribution in [0.5, 0.6) is 0 Å². The second-order valence-corrected chi connectivity index (χ2v) is 4.89. The van der Waals surface area contributed by atoms with E-state index in [1.54, 1.807) is 12.1 Å². The van der Waals surface area contributed by atoms with E-state index in [-0.39, 0.29) is 5.56 Å². The van der Waals surface area contributed by atoms with Crippen LogP contribution in [0.4, 0.5) is 8.78 Å².